The summed E-state index contributed by atoms with van der Waals surface area (Å²) >= 11 is 0. The summed E-state index contributed by atoms with van der Waals surface area (Å²) in [5, 5.41) is 10.3. The van der Waals surface area contributed by atoms with E-state index in [1.807, 2.05) is 36.7 Å². The summed E-state index contributed by atoms with van der Waals surface area (Å²) in [5.74, 6) is 1.16. The molecule has 0 aliphatic heterocycles. The second-order valence-corrected chi connectivity index (χ2v) is 6.67. The Bertz CT molecular complexity index is 983. The number of carbonyl (C=O) groups is 1. The molecule has 2 amide bonds. The zero-order valence-corrected chi connectivity index (χ0v) is 17.2. The third kappa shape index (κ3) is 4.87. The van der Waals surface area contributed by atoms with E-state index in [1.165, 1.54) is 5.56 Å². The van der Waals surface area contributed by atoms with Crippen LogP contribution in [0.15, 0.2) is 48.5 Å². The fourth-order valence-corrected chi connectivity index (χ4v) is 3.16. The molecule has 2 N–H and O–H groups in total. The first-order chi connectivity index (χ1) is 14.0. The molecule has 0 atom stereocenters. The van der Waals surface area contributed by atoms with Crippen LogP contribution in [-0.2, 0) is 13.1 Å². The number of carbonyl (C=O) groups excluding carboxylic acids is 1. The lowest BCUT2D eigenvalue weighted by molar-refractivity contribution is 0.251. The van der Waals surface area contributed by atoms with Crippen molar-refractivity contribution in [2.45, 2.75) is 26.9 Å². The number of aryl methyl sites for hydroxylation is 1. The third-order valence-electron chi connectivity index (χ3n) is 4.77. The number of amides is 2. The molecule has 0 saturated carbocycles. The second-order valence-electron chi connectivity index (χ2n) is 6.67. The van der Waals surface area contributed by atoms with Crippen molar-refractivity contribution in [3.63, 3.8) is 0 Å². The number of urea groups is 1. The minimum Gasteiger partial charge on any atom is -0.493 e. The van der Waals surface area contributed by atoms with Crippen molar-refractivity contribution in [2.24, 2.45) is 0 Å². The molecule has 0 aliphatic carbocycles. The number of aromatic nitrogens is 2. The number of hydrogen-bond donors (Lipinski definition) is 2. The van der Waals surface area contributed by atoms with Crippen LogP contribution in [0.3, 0.4) is 0 Å². The molecule has 3 rings (SSSR count). The van der Waals surface area contributed by atoms with Crippen molar-refractivity contribution in [3.8, 4) is 11.5 Å². The molecule has 0 bridgehead atoms. The molecule has 3 aromatic rings. The highest BCUT2D eigenvalue weighted by Crippen LogP contribution is 2.29. The summed E-state index contributed by atoms with van der Waals surface area (Å²) in [6, 6.07) is 15.1. The fraction of sp³-hybridized carbons (Fsp3) is 0.273. The zero-order valence-electron chi connectivity index (χ0n) is 17.2. The molecule has 0 spiro atoms. The van der Waals surface area contributed by atoms with E-state index in [9.17, 15) is 4.79 Å². The molecule has 7 heteroatoms. The number of nitrogens with zero attached hydrogens (tertiary/aromatic N) is 2. The van der Waals surface area contributed by atoms with Gasteiger partial charge in [0.2, 0.25) is 0 Å². The summed E-state index contributed by atoms with van der Waals surface area (Å²) in [5.41, 5.74) is 4.77. The average molecular weight is 394 g/mol. The molecule has 0 radical (unpaired) electrons. The summed E-state index contributed by atoms with van der Waals surface area (Å²) in [4.78, 5) is 12.3. The van der Waals surface area contributed by atoms with Crippen LogP contribution in [0.1, 0.15) is 22.5 Å². The molecule has 0 aliphatic rings. The smallest absolute Gasteiger partial charge is 0.319 e. The molecule has 0 saturated heterocycles. The lowest BCUT2D eigenvalue weighted by Crippen LogP contribution is -2.28. The van der Waals surface area contributed by atoms with Crippen LogP contribution in [0, 0.1) is 13.8 Å². The van der Waals surface area contributed by atoms with E-state index >= 15 is 0 Å². The van der Waals surface area contributed by atoms with Gasteiger partial charge in [0.1, 0.15) is 0 Å². The second kappa shape index (κ2) is 9.14. The van der Waals surface area contributed by atoms with Gasteiger partial charge in [-0.2, -0.15) is 5.10 Å². The number of nitrogens with one attached hydrogen (secondary N) is 2. The Morgan fingerprint density at radius 2 is 1.76 bits per heavy atom. The van der Waals surface area contributed by atoms with Gasteiger partial charge in [-0.3, -0.25) is 4.68 Å². The van der Waals surface area contributed by atoms with Crippen LogP contribution in [0.5, 0.6) is 11.5 Å². The van der Waals surface area contributed by atoms with E-state index in [0.29, 0.717) is 30.3 Å². The maximum Gasteiger partial charge on any atom is 0.319 e. The minimum atomic E-state index is -0.299. The lowest BCUT2D eigenvalue weighted by atomic mass is 10.2. The number of rotatable bonds is 7. The molecule has 1 heterocycles. The largest absolute Gasteiger partial charge is 0.493 e. The Hall–Kier alpha value is -3.48. The van der Waals surface area contributed by atoms with Crippen molar-refractivity contribution < 1.29 is 14.3 Å². The van der Waals surface area contributed by atoms with Crippen molar-refractivity contribution in [1.29, 1.82) is 0 Å². The van der Waals surface area contributed by atoms with Gasteiger partial charge in [-0.1, -0.05) is 30.3 Å². The van der Waals surface area contributed by atoms with E-state index in [-0.39, 0.29) is 6.03 Å². The van der Waals surface area contributed by atoms with Crippen LogP contribution >= 0.6 is 0 Å². The van der Waals surface area contributed by atoms with Gasteiger partial charge in [0.15, 0.2) is 11.5 Å². The highest BCUT2D eigenvalue weighted by atomic mass is 16.5. The maximum atomic E-state index is 12.3. The number of benzene rings is 2. The third-order valence-corrected chi connectivity index (χ3v) is 4.77. The minimum absolute atomic E-state index is 0.299. The van der Waals surface area contributed by atoms with Crippen LogP contribution < -0.4 is 20.1 Å². The van der Waals surface area contributed by atoms with Gasteiger partial charge >= 0.3 is 6.03 Å². The first kappa shape index (κ1) is 20.3. The van der Waals surface area contributed by atoms with Gasteiger partial charge in [-0.05, 0) is 31.5 Å². The predicted molar refractivity (Wildman–Crippen MR) is 113 cm³/mol. The van der Waals surface area contributed by atoms with Gasteiger partial charge in [0, 0.05) is 29.6 Å². The van der Waals surface area contributed by atoms with Crippen LogP contribution in [-0.4, -0.2) is 30.0 Å². The summed E-state index contributed by atoms with van der Waals surface area (Å²) < 4.78 is 12.4. The van der Waals surface area contributed by atoms with Crippen LogP contribution in [0.4, 0.5) is 10.5 Å². The quantitative estimate of drug-likeness (QED) is 0.637. The first-order valence-electron chi connectivity index (χ1n) is 9.35. The van der Waals surface area contributed by atoms with Gasteiger partial charge in [-0.15, -0.1) is 0 Å². The van der Waals surface area contributed by atoms with Gasteiger partial charge < -0.3 is 20.1 Å². The Morgan fingerprint density at radius 3 is 2.45 bits per heavy atom. The summed E-state index contributed by atoms with van der Waals surface area (Å²) in [7, 11) is 3.13. The molecular weight excluding hydrogens is 368 g/mol. The number of hydrogen-bond acceptors (Lipinski definition) is 4. The molecule has 152 valence electrons. The highest BCUT2D eigenvalue weighted by Gasteiger charge is 2.13. The zero-order chi connectivity index (χ0) is 20.8. The topological polar surface area (TPSA) is 77.4 Å². The van der Waals surface area contributed by atoms with Crippen molar-refractivity contribution >= 4 is 11.7 Å². The van der Waals surface area contributed by atoms with E-state index < -0.39 is 0 Å². The Kier molecular flexibility index (Phi) is 6.39. The lowest BCUT2D eigenvalue weighted by Gasteiger charge is -2.11. The standard InChI is InChI=1S/C22H26N4O3/c1-15-19(16(2)26(25-15)14-17-8-6-5-7-9-17)13-23-22(27)24-18-10-11-20(28-3)21(12-18)29-4/h5-12H,13-14H2,1-4H3,(H2,23,24,27). The molecule has 0 unspecified atom stereocenters. The van der Waals surface area contributed by atoms with E-state index in [4.69, 9.17) is 9.47 Å². The van der Waals surface area contributed by atoms with Crippen molar-refractivity contribution in [3.05, 3.63) is 71.0 Å². The molecule has 1 aromatic heterocycles. The van der Waals surface area contributed by atoms with E-state index in [1.54, 1.807) is 32.4 Å². The highest BCUT2D eigenvalue weighted by molar-refractivity contribution is 5.89. The monoisotopic (exact) mass is 394 g/mol. The number of methoxy groups -OCH3 is 2. The molecule has 0 fully saturated rings. The van der Waals surface area contributed by atoms with E-state index in [2.05, 4.69) is 27.9 Å². The first-order valence-corrected chi connectivity index (χ1v) is 9.35. The van der Waals surface area contributed by atoms with Crippen molar-refractivity contribution in [2.75, 3.05) is 19.5 Å². The van der Waals surface area contributed by atoms with Crippen LogP contribution in [0.2, 0.25) is 0 Å². The molecule has 2 aromatic carbocycles. The Labute approximate surface area is 170 Å². The Balaban J connectivity index is 1.63. The fourth-order valence-electron chi connectivity index (χ4n) is 3.16. The maximum absolute atomic E-state index is 12.3. The van der Waals surface area contributed by atoms with Crippen LogP contribution in [0.25, 0.3) is 0 Å². The normalized spacial score (nSPS) is 10.5. The summed E-state index contributed by atoms with van der Waals surface area (Å²) in [6.45, 7) is 5.07. The molecule has 29 heavy (non-hydrogen) atoms. The van der Waals surface area contributed by atoms with Gasteiger partial charge in [-0.25, -0.2) is 4.79 Å². The van der Waals surface area contributed by atoms with E-state index in [0.717, 1.165) is 17.0 Å². The van der Waals surface area contributed by atoms with Crippen molar-refractivity contribution in [1.82, 2.24) is 15.1 Å². The van der Waals surface area contributed by atoms with Gasteiger partial charge in [0.25, 0.3) is 0 Å². The average Bonchev–Trinajstić information content (AvgIpc) is 2.99. The summed E-state index contributed by atoms with van der Waals surface area (Å²) in [6.07, 6.45) is 0. The van der Waals surface area contributed by atoms with Gasteiger partial charge in [0.05, 0.1) is 26.5 Å². The predicted octanol–water partition coefficient (Wildman–Crippen LogP) is 3.89. The molecule has 7 nitrogen and oxygen atoms in total. The Morgan fingerprint density at radius 1 is 1.03 bits per heavy atom. The number of anilines is 1. The number of ether oxygens (including phenoxy) is 2. The SMILES string of the molecule is COc1ccc(NC(=O)NCc2c(C)nn(Cc3ccccc3)c2C)cc1OC. The molecular formula is C22H26N4O3.